The van der Waals surface area contributed by atoms with Crippen LogP contribution in [0.3, 0.4) is 0 Å². The van der Waals surface area contributed by atoms with Crippen molar-refractivity contribution in [1.29, 1.82) is 0 Å². The molecule has 0 heterocycles. The first-order valence-electron chi connectivity index (χ1n) is 8.92. The topological polar surface area (TPSA) is 18.5 Å². The van der Waals surface area contributed by atoms with Crippen molar-refractivity contribution >= 4 is 6.08 Å². The van der Waals surface area contributed by atoms with Gasteiger partial charge in [-0.05, 0) is 49.8 Å². The van der Waals surface area contributed by atoms with Crippen LogP contribution in [0.1, 0.15) is 64.5 Å². The summed E-state index contributed by atoms with van der Waals surface area (Å²) in [7, 11) is 1.71. The largest absolute Gasteiger partial charge is 0.496 e. The lowest BCUT2D eigenvalue weighted by atomic mass is 9.98. The van der Waals surface area contributed by atoms with Gasteiger partial charge in [0.15, 0.2) is 0 Å². The van der Waals surface area contributed by atoms with Crippen LogP contribution >= 0.6 is 0 Å². The summed E-state index contributed by atoms with van der Waals surface area (Å²) in [4.78, 5) is 0. The molecule has 1 atom stereocenters. The zero-order valence-electron chi connectivity index (χ0n) is 15.8. The van der Waals surface area contributed by atoms with Gasteiger partial charge in [0, 0.05) is 5.56 Å². The molecule has 0 aromatic heterocycles. The summed E-state index contributed by atoms with van der Waals surface area (Å²) in [5.41, 5.74) is 2.20. The third kappa shape index (κ3) is 7.11. The number of benzene rings is 1. The Labute approximate surface area is 142 Å². The minimum atomic E-state index is 0.724. The summed E-state index contributed by atoms with van der Waals surface area (Å²) in [6.07, 6.45) is 9.14. The summed E-state index contributed by atoms with van der Waals surface area (Å²) < 4.78 is 11.5. The van der Waals surface area contributed by atoms with Crippen LogP contribution in [0.15, 0.2) is 18.2 Å². The minimum absolute atomic E-state index is 0.724. The van der Waals surface area contributed by atoms with Crippen LogP contribution in [0.25, 0.3) is 6.08 Å². The molecule has 0 aliphatic carbocycles. The lowest BCUT2D eigenvalue weighted by molar-refractivity contribution is 0.274. The first-order chi connectivity index (χ1) is 11.0. The highest BCUT2D eigenvalue weighted by molar-refractivity contribution is 5.61. The highest BCUT2D eigenvalue weighted by Gasteiger charge is 2.08. The van der Waals surface area contributed by atoms with Crippen molar-refractivity contribution in [2.24, 2.45) is 11.8 Å². The zero-order valence-corrected chi connectivity index (χ0v) is 15.8. The first kappa shape index (κ1) is 19.6. The molecule has 0 spiro atoms. The normalized spacial score (nSPS) is 12.8. The summed E-state index contributed by atoms with van der Waals surface area (Å²) in [5, 5.41) is 0. The molecule has 1 aromatic carbocycles. The van der Waals surface area contributed by atoms with Crippen molar-refractivity contribution < 1.29 is 9.47 Å². The number of ether oxygens (including phenoxy) is 2. The maximum absolute atomic E-state index is 6.03. The van der Waals surface area contributed by atoms with Gasteiger partial charge in [0.25, 0.3) is 0 Å². The Morgan fingerprint density at radius 1 is 1.04 bits per heavy atom. The Morgan fingerprint density at radius 2 is 1.78 bits per heavy atom. The van der Waals surface area contributed by atoms with Crippen LogP contribution in [0.2, 0.25) is 0 Å². The molecular weight excluding hydrogens is 284 g/mol. The number of hydrogen-bond acceptors (Lipinski definition) is 2. The average molecular weight is 319 g/mol. The van der Waals surface area contributed by atoms with Gasteiger partial charge in [-0.3, -0.25) is 0 Å². The Hall–Kier alpha value is -1.44. The molecule has 130 valence electrons. The van der Waals surface area contributed by atoms with Crippen molar-refractivity contribution in [3.05, 3.63) is 29.3 Å². The molecule has 0 N–H and O–H groups in total. The van der Waals surface area contributed by atoms with Crippen molar-refractivity contribution in [3.8, 4) is 11.5 Å². The van der Waals surface area contributed by atoms with Crippen molar-refractivity contribution in [3.63, 3.8) is 0 Å². The first-order valence-corrected chi connectivity index (χ1v) is 8.92. The van der Waals surface area contributed by atoms with Crippen LogP contribution < -0.4 is 9.47 Å². The van der Waals surface area contributed by atoms with Gasteiger partial charge < -0.3 is 9.47 Å². The Morgan fingerprint density at radius 3 is 2.39 bits per heavy atom. The quantitative estimate of drug-likeness (QED) is 0.506. The van der Waals surface area contributed by atoms with E-state index in [1.807, 2.05) is 13.0 Å². The predicted molar refractivity (Wildman–Crippen MR) is 100 cm³/mol. The fourth-order valence-electron chi connectivity index (χ4n) is 2.71. The zero-order chi connectivity index (χ0) is 17.2. The summed E-state index contributed by atoms with van der Waals surface area (Å²) in [6, 6.07) is 4.13. The fourth-order valence-corrected chi connectivity index (χ4v) is 2.71. The predicted octanol–water partition coefficient (Wildman–Crippen LogP) is 6.27. The van der Waals surface area contributed by atoms with Crippen molar-refractivity contribution in [2.75, 3.05) is 13.7 Å². The van der Waals surface area contributed by atoms with Gasteiger partial charge >= 0.3 is 0 Å². The van der Waals surface area contributed by atoms with Gasteiger partial charge in [-0.25, -0.2) is 0 Å². The highest BCUT2D eigenvalue weighted by Crippen LogP contribution is 2.29. The van der Waals surface area contributed by atoms with E-state index >= 15 is 0 Å². The van der Waals surface area contributed by atoms with Crippen molar-refractivity contribution in [2.45, 2.75) is 60.3 Å². The number of allylic oxidation sites excluding steroid dienone is 1. The molecule has 0 saturated carbocycles. The third-order valence-corrected chi connectivity index (χ3v) is 4.22. The molecule has 0 aliphatic rings. The SMILES string of the molecule is C/C=C/c1cc(OCCC(C)CCCC(C)C)c(C)cc1OC. The monoisotopic (exact) mass is 318 g/mol. The van der Waals surface area contributed by atoms with Gasteiger partial charge in [-0.2, -0.15) is 0 Å². The molecule has 0 saturated heterocycles. The van der Waals surface area contributed by atoms with Gasteiger partial charge in [0.2, 0.25) is 0 Å². The lowest BCUT2D eigenvalue weighted by Gasteiger charge is -2.15. The summed E-state index contributed by atoms with van der Waals surface area (Å²) in [5.74, 6) is 3.40. The van der Waals surface area contributed by atoms with Crippen LogP contribution in [0.4, 0.5) is 0 Å². The van der Waals surface area contributed by atoms with Crippen LogP contribution in [0.5, 0.6) is 11.5 Å². The molecule has 0 fully saturated rings. The highest BCUT2D eigenvalue weighted by atomic mass is 16.5. The van der Waals surface area contributed by atoms with E-state index in [2.05, 4.69) is 45.9 Å². The van der Waals surface area contributed by atoms with Crippen molar-refractivity contribution in [1.82, 2.24) is 0 Å². The van der Waals surface area contributed by atoms with Crippen LogP contribution in [0, 0.1) is 18.8 Å². The molecule has 1 rings (SSSR count). The van der Waals surface area contributed by atoms with Crippen LogP contribution in [-0.4, -0.2) is 13.7 Å². The van der Waals surface area contributed by atoms with Gasteiger partial charge in [0.05, 0.1) is 13.7 Å². The molecule has 0 radical (unpaired) electrons. The molecule has 2 heteroatoms. The van der Waals surface area contributed by atoms with E-state index in [0.717, 1.165) is 47.5 Å². The van der Waals surface area contributed by atoms with E-state index < -0.39 is 0 Å². The molecule has 1 aromatic rings. The second kappa shape index (κ2) is 10.4. The second-order valence-corrected chi connectivity index (χ2v) is 6.93. The fraction of sp³-hybridized carbons (Fsp3) is 0.619. The lowest BCUT2D eigenvalue weighted by Crippen LogP contribution is -2.06. The molecular formula is C21H34O2. The molecule has 0 amide bonds. The summed E-state index contributed by atoms with van der Waals surface area (Å²) in [6.45, 7) is 11.8. The third-order valence-electron chi connectivity index (χ3n) is 4.22. The second-order valence-electron chi connectivity index (χ2n) is 6.93. The van der Waals surface area contributed by atoms with Crippen LogP contribution in [-0.2, 0) is 0 Å². The molecule has 0 aliphatic heterocycles. The van der Waals surface area contributed by atoms with E-state index in [0.29, 0.717) is 0 Å². The van der Waals surface area contributed by atoms with E-state index in [9.17, 15) is 0 Å². The Kier molecular flexibility index (Phi) is 8.83. The van der Waals surface area contributed by atoms with E-state index in [1.165, 1.54) is 19.3 Å². The van der Waals surface area contributed by atoms with E-state index in [1.54, 1.807) is 7.11 Å². The number of hydrogen-bond donors (Lipinski definition) is 0. The number of rotatable bonds is 10. The minimum Gasteiger partial charge on any atom is -0.496 e. The molecule has 2 nitrogen and oxygen atoms in total. The molecule has 23 heavy (non-hydrogen) atoms. The average Bonchev–Trinajstić information content (AvgIpc) is 2.49. The maximum Gasteiger partial charge on any atom is 0.126 e. The standard InChI is InChI=1S/C21H34O2/c1-7-9-19-15-20(18(5)14-21(19)22-6)23-13-12-17(4)11-8-10-16(2)3/h7,9,14-17H,8,10-13H2,1-6H3/b9-7+. The Balaban J connectivity index is 2.52. The molecule has 1 unspecified atom stereocenters. The number of aryl methyl sites for hydroxylation is 1. The summed E-state index contributed by atoms with van der Waals surface area (Å²) >= 11 is 0. The molecule has 0 bridgehead atoms. The maximum atomic E-state index is 6.03. The Bertz CT molecular complexity index is 489. The van der Waals surface area contributed by atoms with Gasteiger partial charge in [-0.15, -0.1) is 0 Å². The van der Waals surface area contributed by atoms with E-state index in [-0.39, 0.29) is 0 Å². The smallest absolute Gasteiger partial charge is 0.126 e. The van der Waals surface area contributed by atoms with E-state index in [4.69, 9.17) is 9.47 Å². The van der Waals surface area contributed by atoms with Gasteiger partial charge in [0.1, 0.15) is 11.5 Å². The number of methoxy groups -OCH3 is 1. The van der Waals surface area contributed by atoms with Gasteiger partial charge in [-0.1, -0.05) is 52.2 Å².